The van der Waals surface area contributed by atoms with Crippen LogP contribution in [0, 0.1) is 6.92 Å². The fraction of sp³-hybridized carbons (Fsp3) is 0.400. The van der Waals surface area contributed by atoms with E-state index in [2.05, 4.69) is 4.90 Å². The van der Waals surface area contributed by atoms with Crippen LogP contribution in [0.5, 0.6) is 0 Å². The molecule has 0 fully saturated rings. The number of nitrogen functional groups attached to an aromatic ring is 1. The third kappa shape index (κ3) is 2.61. The summed E-state index contributed by atoms with van der Waals surface area (Å²) >= 11 is 5.93. The highest BCUT2D eigenvalue weighted by Gasteiger charge is 2.04. The standard InChI is InChI=1S/C10H15ClN2/c1-7-4-8(6-13(2)3)10(12)5-9(7)11/h4-5H,6,12H2,1-3H3. The molecule has 0 saturated carbocycles. The zero-order valence-corrected chi connectivity index (χ0v) is 9.02. The molecule has 0 aromatic heterocycles. The van der Waals surface area contributed by atoms with E-state index in [4.69, 9.17) is 17.3 Å². The number of hydrogen-bond donors (Lipinski definition) is 1. The second-order valence-electron chi connectivity index (χ2n) is 3.54. The van der Waals surface area contributed by atoms with E-state index in [-0.39, 0.29) is 0 Å². The zero-order chi connectivity index (χ0) is 10.0. The van der Waals surface area contributed by atoms with Crippen LogP contribution < -0.4 is 5.73 Å². The smallest absolute Gasteiger partial charge is 0.0455 e. The van der Waals surface area contributed by atoms with Crippen LogP contribution >= 0.6 is 11.6 Å². The summed E-state index contributed by atoms with van der Waals surface area (Å²) < 4.78 is 0. The number of benzene rings is 1. The molecule has 1 rings (SSSR count). The van der Waals surface area contributed by atoms with Gasteiger partial charge in [0.2, 0.25) is 0 Å². The normalized spacial score (nSPS) is 10.8. The summed E-state index contributed by atoms with van der Waals surface area (Å²) in [5.41, 5.74) is 8.80. The first kappa shape index (κ1) is 10.4. The molecule has 0 aliphatic heterocycles. The van der Waals surface area contributed by atoms with Crippen LogP contribution in [0.3, 0.4) is 0 Å². The number of aryl methyl sites for hydroxylation is 1. The van der Waals surface area contributed by atoms with Crippen LogP contribution in [0.25, 0.3) is 0 Å². The lowest BCUT2D eigenvalue weighted by Gasteiger charge is -2.13. The van der Waals surface area contributed by atoms with Crippen molar-refractivity contribution in [2.24, 2.45) is 0 Å². The lowest BCUT2D eigenvalue weighted by molar-refractivity contribution is 0.403. The Morgan fingerprint density at radius 3 is 2.54 bits per heavy atom. The van der Waals surface area contributed by atoms with Crippen molar-refractivity contribution in [3.05, 3.63) is 28.3 Å². The highest BCUT2D eigenvalue weighted by Crippen LogP contribution is 2.23. The summed E-state index contributed by atoms with van der Waals surface area (Å²) in [5.74, 6) is 0. The van der Waals surface area contributed by atoms with Crippen molar-refractivity contribution in [3.63, 3.8) is 0 Å². The topological polar surface area (TPSA) is 29.3 Å². The second kappa shape index (κ2) is 3.99. The van der Waals surface area contributed by atoms with Crippen LogP contribution in [-0.4, -0.2) is 19.0 Å². The molecular weight excluding hydrogens is 184 g/mol. The molecule has 0 radical (unpaired) electrons. The van der Waals surface area contributed by atoms with Crippen LogP contribution in [-0.2, 0) is 6.54 Å². The van der Waals surface area contributed by atoms with Crippen molar-refractivity contribution in [1.82, 2.24) is 4.90 Å². The third-order valence-electron chi connectivity index (χ3n) is 1.91. The first-order valence-electron chi connectivity index (χ1n) is 4.20. The molecule has 0 aliphatic rings. The molecule has 0 bridgehead atoms. The van der Waals surface area contributed by atoms with Gasteiger partial charge in [-0.1, -0.05) is 17.7 Å². The quantitative estimate of drug-likeness (QED) is 0.739. The number of nitrogens with zero attached hydrogens (tertiary/aromatic N) is 1. The summed E-state index contributed by atoms with van der Waals surface area (Å²) in [4.78, 5) is 2.08. The van der Waals surface area contributed by atoms with Gasteiger partial charge in [0.25, 0.3) is 0 Å². The Balaban J connectivity index is 3.01. The second-order valence-corrected chi connectivity index (χ2v) is 3.95. The molecule has 0 unspecified atom stereocenters. The lowest BCUT2D eigenvalue weighted by atomic mass is 10.1. The van der Waals surface area contributed by atoms with Gasteiger partial charge in [0.1, 0.15) is 0 Å². The van der Waals surface area contributed by atoms with Gasteiger partial charge in [-0.2, -0.15) is 0 Å². The van der Waals surface area contributed by atoms with E-state index in [0.717, 1.165) is 28.4 Å². The summed E-state index contributed by atoms with van der Waals surface area (Å²) in [6, 6.07) is 3.85. The van der Waals surface area contributed by atoms with Crippen LogP contribution in [0.1, 0.15) is 11.1 Å². The van der Waals surface area contributed by atoms with Crippen molar-refractivity contribution in [2.45, 2.75) is 13.5 Å². The summed E-state index contributed by atoms with van der Waals surface area (Å²) in [6.07, 6.45) is 0. The van der Waals surface area contributed by atoms with Crippen LogP contribution in [0.4, 0.5) is 5.69 Å². The van der Waals surface area contributed by atoms with Gasteiger partial charge in [-0.15, -0.1) is 0 Å². The summed E-state index contributed by atoms with van der Waals surface area (Å²) in [7, 11) is 4.03. The molecule has 2 nitrogen and oxygen atoms in total. The van der Waals surface area contributed by atoms with E-state index in [1.165, 1.54) is 0 Å². The van der Waals surface area contributed by atoms with Crippen molar-refractivity contribution in [1.29, 1.82) is 0 Å². The van der Waals surface area contributed by atoms with Gasteiger partial charge in [-0.05, 0) is 38.2 Å². The fourth-order valence-electron chi connectivity index (χ4n) is 1.23. The molecule has 1 aromatic carbocycles. The Labute approximate surface area is 84.3 Å². The first-order chi connectivity index (χ1) is 6.00. The minimum absolute atomic E-state index is 0.736. The van der Waals surface area contributed by atoms with E-state index in [9.17, 15) is 0 Å². The highest BCUT2D eigenvalue weighted by atomic mass is 35.5. The Morgan fingerprint density at radius 2 is 2.00 bits per heavy atom. The molecule has 0 aliphatic carbocycles. The van der Waals surface area contributed by atoms with Gasteiger partial charge in [0.15, 0.2) is 0 Å². The highest BCUT2D eigenvalue weighted by molar-refractivity contribution is 6.31. The molecule has 0 saturated heterocycles. The number of halogens is 1. The van der Waals surface area contributed by atoms with Crippen molar-refractivity contribution < 1.29 is 0 Å². The van der Waals surface area contributed by atoms with Gasteiger partial charge in [-0.3, -0.25) is 0 Å². The van der Waals surface area contributed by atoms with Crippen LogP contribution in [0.2, 0.25) is 5.02 Å². The van der Waals surface area contributed by atoms with Gasteiger partial charge >= 0.3 is 0 Å². The zero-order valence-electron chi connectivity index (χ0n) is 8.26. The van der Waals surface area contributed by atoms with Gasteiger partial charge < -0.3 is 10.6 Å². The molecule has 0 heterocycles. The minimum Gasteiger partial charge on any atom is -0.398 e. The Bertz CT molecular complexity index is 308. The number of nitrogens with two attached hydrogens (primary N) is 1. The third-order valence-corrected chi connectivity index (χ3v) is 2.31. The van der Waals surface area contributed by atoms with Crippen LogP contribution in [0.15, 0.2) is 12.1 Å². The molecule has 2 N–H and O–H groups in total. The molecule has 13 heavy (non-hydrogen) atoms. The summed E-state index contributed by atoms with van der Waals surface area (Å²) in [6.45, 7) is 2.84. The average Bonchev–Trinajstić information content (AvgIpc) is 1.99. The van der Waals surface area contributed by atoms with Crippen molar-refractivity contribution in [3.8, 4) is 0 Å². The maximum Gasteiger partial charge on any atom is 0.0455 e. The largest absolute Gasteiger partial charge is 0.398 e. The molecule has 1 aromatic rings. The predicted molar refractivity (Wildman–Crippen MR) is 58.0 cm³/mol. The van der Waals surface area contributed by atoms with Gasteiger partial charge in [0, 0.05) is 17.3 Å². The molecule has 0 atom stereocenters. The van der Waals surface area contributed by atoms with Gasteiger partial charge in [0.05, 0.1) is 0 Å². The average molecular weight is 199 g/mol. The fourth-order valence-corrected chi connectivity index (χ4v) is 1.41. The Kier molecular flexibility index (Phi) is 3.17. The van der Waals surface area contributed by atoms with Crippen molar-refractivity contribution in [2.75, 3.05) is 19.8 Å². The number of rotatable bonds is 2. The monoisotopic (exact) mass is 198 g/mol. The number of anilines is 1. The molecule has 3 heteroatoms. The van der Waals surface area contributed by atoms with E-state index >= 15 is 0 Å². The SMILES string of the molecule is Cc1cc(CN(C)C)c(N)cc1Cl. The Hall–Kier alpha value is -0.730. The maximum atomic E-state index is 5.93. The summed E-state index contributed by atoms with van der Waals surface area (Å²) in [5, 5.41) is 0.736. The molecule has 0 amide bonds. The predicted octanol–water partition coefficient (Wildman–Crippen LogP) is 2.29. The maximum absolute atomic E-state index is 5.93. The van der Waals surface area contributed by atoms with E-state index < -0.39 is 0 Å². The van der Waals surface area contributed by atoms with E-state index in [0.29, 0.717) is 0 Å². The van der Waals surface area contributed by atoms with E-state index in [1.54, 1.807) is 0 Å². The molecule has 72 valence electrons. The minimum atomic E-state index is 0.736. The van der Waals surface area contributed by atoms with E-state index in [1.807, 2.05) is 33.2 Å². The Morgan fingerprint density at radius 1 is 1.38 bits per heavy atom. The first-order valence-corrected chi connectivity index (χ1v) is 4.57. The molecule has 0 spiro atoms. The number of hydrogen-bond acceptors (Lipinski definition) is 2. The molecular formula is C10H15ClN2. The van der Waals surface area contributed by atoms with Gasteiger partial charge in [-0.25, -0.2) is 0 Å². The van der Waals surface area contributed by atoms with Crippen molar-refractivity contribution >= 4 is 17.3 Å². The lowest BCUT2D eigenvalue weighted by Crippen LogP contribution is -2.12.